The highest BCUT2D eigenvalue weighted by Gasteiger charge is 2.30. The lowest BCUT2D eigenvalue weighted by molar-refractivity contribution is -0.161. The third-order valence-electron chi connectivity index (χ3n) is 17.2. The number of phosphoric acid groups is 2. The summed E-state index contributed by atoms with van der Waals surface area (Å²) in [6.07, 6.45) is 45.9. The number of phosphoric ester groups is 2. The quantitative estimate of drug-likeness (QED) is 0.0222. The summed E-state index contributed by atoms with van der Waals surface area (Å²) in [7, 11) is -9.91. The van der Waals surface area contributed by atoms with E-state index in [1.807, 2.05) is 0 Å². The predicted molar refractivity (Wildman–Crippen MR) is 372 cm³/mol. The van der Waals surface area contributed by atoms with E-state index in [4.69, 9.17) is 37.0 Å². The lowest BCUT2D eigenvalue weighted by atomic mass is 10.00. The molecule has 6 atom stereocenters. The van der Waals surface area contributed by atoms with Crippen LogP contribution in [0.4, 0.5) is 0 Å². The van der Waals surface area contributed by atoms with Crippen LogP contribution in [0, 0.1) is 23.7 Å². The van der Waals surface area contributed by atoms with Gasteiger partial charge in [-0.2, -0.15) is 0 Å². The van der Waals surface area contributed by atoms with Gasteiger partial charge in [0.25, 0.3) is 0 Å². The Morgan fingerprint density at radius 1 is 0.304 bits per heavy atom. The standard InChI is InChI=1S/C73H142O17P2/c1-9-66(8)52-44-36-31-32-38-46-54-71(76)84-60-69(90-73(78)56-48-40-29-23-19-15-17-21-26-34-42-50-64(4)5)62-88-92(81,82)86-58-67(74)57-85-91(79,80)87-61-68(59-83-70(75)53-45-37-30-24-27-35-43-51-65(6)7)89-72(77)55-47-39-28-22-18-14-12-10-11-13-16-20-25-33-41-49-63(2)3/h63-69,74H,9-62H2,1-8H3,(H,79,80)(H,81,82)/t66?,67?,68-,69-/m1/s1. The molecule has 19 heteroatoms. The molecule has 92 heavy (non-hydrogen) atoms. The van der Waals surface area contributed by atoms with E-state index in [1.165, 1.54) is 154 Å². The SMILES string of the molecule is CCC(C)CCCCCCCCC(=O)OC[C@H](COP(=O)(O)OCC(O)COP(=O)(O)OC[C@@H](COC(=O)CCCCCCCCCC(C)C)OC(=O)CCCCCCCCCCCCCCCCCC(C)C)OC(=O)CCCCCCCCCCCCCC(C)C. The maximum Gasteiger partial charge on any atom is 0.472 e. The van der Waals surface area contributed by atoms with Crippen LogP contribution in [0.15, 0.2) is 0 Å². The zero-order valence-corrected chi connectivity index (χ0v) is 62.0. The average molecular weight is 1350 g/mol. The number of carbonyl (C=O) groups is 4. The number of unbranched alkanes of at least 4 members (excludes halogenated alkanes) is 35. The zero-order valence-electron chi connectivity index (χ0n) is 60.2. The Balaban J connectivity index is 5.22. The monoisotopic (exact) mass is 1350 g/mol. The summed E-state index contributed by atoms with van der Waals surface area (Å²) in [6, 6.07) is 0. The summed E-state index contributed by atoms with van der Waals surface area (Å²) >= 11 is 0. The molecule has 0 spiro atoms. The summed E-state index contributed by atoms with van der Waals surface area (Å²) in [5, 5.41) is 10.6. The van der Waals surface area contributed by atoms with Gasteiger partial charge in [0.15, 0.2) is 12.2 Å². The molecule has 17 nitrogen and oxygen atoms in total. The fraction of sp³-hybridized carbons (Fsp3) is 0.945. The fourth-order valence-electron chi connectivity index (χ4n) is 11.0. The summed E-state index contributed by atoms with van der Waals surface area (Å²) in [4.78, 5) is 72.6. The Bertz CT molecular complexity index is 1820. The summed E-state index contributed by atoms with van der Waals surface area (Å²) in [5.74, 6) is 0.877. The van der Waals surface area contributed by atoms with Gasteiger partial charge in [0, 0.05) is 25.7 Å². The van der Waals surface area contributed by atoms with Crippen LogP contribution in [-0.4, -0.2) is 96.7 Å². The first-order valence-corrected chi connectivity index (χ1v) is 40.7. The lowest BCUT2D eigenvalue weighted by Gasteiger charge is -2.21. The largest absolute Gasteiger partial charge is 0.472 e. The van der Waals surface area contributed by atoms with Crippen LogP contribution in [0.5, 0.6) is 0 Å². The van der Waals surface area contributed by atoms with Crippen molar-refractivity contribution in [3.63, 3.8) is 0 Å². The van der Waals surface area contributed by atoms with Crippen molar-refractivity contribution in [2.75, 3.05) is 39.6 Å². The summed E-state index contributed by atoms with van der Waals surface area (Å²) in [6.45, 7) is 14.1. The Labute approximate surface area is 562 Å². The first-order chi connectivity index (χ1) is 44.1. The van der Waals surface area contributed by atoms with E-state index < -0.39 is 97.5 Å². The highest BCUT2D eigenvalue weighted by atomic mass is 31.2. The van der Waals surface area contributed by atoms with Crippen LogP contribution in [-0.2, 0) is 65.4 Å². The number of esters is 4. The maximum atomic E-state index is 13.0. The molecule has 0 heterocycles. The molecule has 0 saturated heterocycles. The van der Waals surface area contributed by atoms with E-state index in [9.17, 15) is 43.2 Å². The molecule has 0 amide bonds. The lowest BCUT2D eigenvalue weighted by Crippen LogP contribution is -2.30. The van der Waals surface area contributed by atoms with Gasteiger partial charge in [-0.15, -0.1) is 0 Å². The van der Waals surface area contributed by atoms with Gasteiger partial charge in [0.05, 0.1) is 26.4 Å². The van der Waals surface area contributed by atoms with Crippen LogP contribution in [0.2, 0.25) is 0 Å². The number of aliphatic hydroxyl groups excluding tert-OH is 1. The molecule has 0 aliphatic carbocycles. The number of hydrogen-bond donors (Lipinski definition) is 3. The van der Waals surface area contributed by atoms with E-state index in [0.29, 0.717) is 31.6 Å². The van der Waals surface area contributed by atoms with Gasteiger partial charge >= 0.3 is 39.5 Å². The molecule has 0 aromatic carbocycles. The van der Waals surface area contributed by atoms with Crippen molar-refractivity contribution in [2.45, 2.75) is 382 Å². The van der Waals surface area contributed by atoms with Crippen molar-refractivity contribution in [1.82, 2.24) is 0 Å². The molecular formula is C73H142O17P2. The molecule has 0 saturated carbocycles. The number of ether oxygens (including phenoxy) is 4. The minimum atomic E-state index is -4.95. The van der Waals surface area contributed by atoms with Gasteiger partial charge in [-0.25, -0.2) is 9.13 Å². The second-order valence-corrected chi connectivity index (χ2v) is 30.9. The normalized spacial score (nSPS) is 14.5. The molecule has 0 rings (SSSR count). The minimum absolute atomic E-state index is 0.105. The zero-order chi connectivity index (χ0) is 68.2. The maximum absolute atomic E-state index is 13.0. The van der Waals surface area contributed by atoms with E-state index in [0.717, 1.165) is 120 Å². The minimum Gasteiger partial charge on any atom is -0.462 e. The predicted octanol–water partition coefficient (Wildman–Crippen LogP) is 20.9. The van der Waals surface area contributed by atoms with E-state index >= 15 is 0 Å². The summed E-state index contributed by atoms with van der Waals surface area (Å²) in [5.41, 5.74) is 0. The Morgan fingerprint density at radius 3 is 0.772 bits per heavy atom. The molecule has 0 aromatic heterocycles. The molecule has 546 valence electrons. The topological polar surface area (TPSA) is 237 Å². The van der Waals surface area contributed by atoms with Gasteiger partial charge in [-0.05, 0) is 49.4 Å². The van der Waals surface area contributed by atoms with Gasteiger partial charge in [0.1, 0.15) is 19.3 Å². The van der Waals surface area contributed by atoms with Crippen molar-refractivity contribution >= 4 is 39.5 Å². The first kappa shape index (κ1) is 90.1. The Morgan fingerprint density at radius 2 is 0.522 bits per heavy atom. The fourth-order valence-corrected chi connectivity index (χ4v) is 12.6. The number of carbonyl (C=O) groups excluding carboxylic acids is 4. The Kier molecular flexibility index (Phi) is 61.3. The summed E-state index contributed by atoms with van der Waals surface area (Å²) < 4.78 is 68.4. The third kappa shape index (κ3) is 65.4. The van der Waals surface area contributed by atoms with Gasteiger partial charge in [-0.3, -0.25) is 37.3 Å². The molecule has 0 bridgehead atoms. The third-order valence-corrected chi connectivity index (χ3v) is 19.1. The number of aliphatic hydroxyl groups is 1. The van der Waals surface area contributed by atoms with E-state index in [-0.39, 0.29) is 25.7 Å². The molecule has 0 aliphatic heterocycles. The van der Waals surface area contributed by atoms with Crippen molar-refractivity contribution < 1.29 is 80.2 Å². The molecule has 4 unspecified atom stereocenters. The van der Waals surface area contributed by atoms with Crippen molar-refractivity contribution in [2.24, 2.45) is 23.7 Å². The van der Waals surface area contributed by atoms with Crippen LogP contribution in [0.3, 0.4) is 0 Å². The smallest absolute Gasteiger partial charge is 0.462 e. The average Bonchev–Trinajstić information content (AvgIpc) is 1.83. The molecule has 0 aromatic rings. The molecule has 3 N–H and O–H groups in total. The molecule has 0 fully saturated rings. The van der Waals surface area contributed by atoms with E-state index in [1.54, 1.807) is 0 Å². The van der Waals surface area contributed by atoms with Crippen LogP contribution >= 0.6 is 15.6 Å². The van der Waals surface area contributed by atoms with Crippen molar-refractivity contribution in [3.8, 4) is 0 Å². The van der Waals surface area contributed by atoms with Gasteiger partial charge < -0.3 is 33.8 Å². The first-order valence-electron chi connectivity index (χ1n) is 37.7. The van der Waals surface area contributed by atoms with Crippen LogP contribution in [0.1, 0.15) is 364 Å². The highest BCUT2D eigenvalue weighted by molar-refractivity contribution is 7.47. The van der Waals surface area contributed by atoms with Crippen molar-refractivity contribution in [1.29, 1.82) is 0 Å². The van der Waals surface area contributed by atoms with Crippen molar-refractivity contribution in [3.05, 3.63) is 0 Å². The van der Waals surface area contributed by atoms with Crippen LogP contribution < -0.4 is 0 Å². The van der Waals surface area contributed by atoms with Crippen LogP contribution in [0.25, 0.3) is 0 Å². The number of rotatable bonds is 70. The second-order valence-electron chi connectivity index (χ2n) is 28.0. The van der Waals surface area contributed by atoms with Gasteiger partial charge in [-0.1, -0.05) is 312 Å². The van der Waals surface area contributed by atoms with Gasteiger partial charge in [0.2, 0.25) is 0 Å². The highest BCUT2D eigenvalue weighted by Crippen LogP contribution is 2.45. The molecular weight excluding hydrogens is 1210 g/mol. The molecule has 0 radical (unpaired) electrons. The second kappa shape index (κ2) is 62.6. The molecule has 0 aliphatic rings. The number of hydrogen-bond acceptors (Lipinski definition) is 15. The Hall–Kier alpha value is -1.94. The van der Waals surface area contributed by atoms with E-state index in [2.05, 4.69) is 55.4 Å².